The lowest BCUT2D eigenvalue weighted by molar-refractivity contribution is 0.190. The number of benzene rings is 1. The molecule has 0 aliphatic heterocycles. The van der Waals surface area contributed by atoms with Gasteiger partial charge in [0.15, 0.2) is 0 Å². The summed E-state index contributed by atoms with van der Waals surface area (Å²) in [6, 6.07) is 8.47. The summed E-state index contributed by atoms with van der Waals surface area (Å²) < 4.78 is 0. The van der Waals surface area contributed by atoms with Gasteiger partial charge in [0, 0.05) is 22.5 Å². The molecule has 0 bridgehead atoms. The summed E-state index contributed by atoms with van der Waals surface area (Å²) in [5.41, 5.74) is 6.90. The maximum absolute atomic E-state index is 9.27. The van der Waals surface area contributed by atoms with Gasteiger partial charge in [0.25, 0.3) is 0 Å². The molecule has 0 saturated carbocycles. The quantitative estimate of drug-likeness (QED) is 0.793. The number of rotatable bonds is 5. The molecule has 1 aromatic carbocycles. The highest BCUT2D eigenvalue weighted by molar-refractivity contribution is 7.98. The molecular formula is C14H23NOS. The van der Waals surface area contributed by atoms with Crippen LogP contribution in [0.4, 0.5) is 0 Å². The van der Waals surface area contributed by atoms with Gasteiger partial charge in [-0.2, -0.15) is 0 Å². The van der Waals surface area contributed by atoms with Crippen molar-refractivity contribution in [3.8, 4) is 0 Å². The molecule has 0 spiro atoms. The van der Waals surface area contributed by atoms with Crippen LogP contribution in [0.5, 0.6) is 0 Å². The van der Waals surface area contributed by atoms with Crippen LogP contribution in [-0.2, 0) is 5.41 Å². The average molecular weight is 253 g/mol. The Bertz CT molecular complexity index is 355. The largest absolute Gasteiger partial charge is 0.396 e. The number of aliphatic hydroxyl groups is 1. The Labute approximate surface area is 109 Å². The van der Waals surface area contributed by atoms with E-state index in [1.807, 2.05) is 13.8 Å². The topological polar surface area (TPSA) is 46.2 Å². The molecule has 0 aliphatic rings. The molecular weight excluding hydrogens is 230 g/mol. The molecule has 0 radical (unpaired) electrons. The molecule has 1 rings (SSSR count). The Morgan fingerprint density at radius 2 is 1.71 bits per heavy atom. The molecule has 0 heterocycles. The Morgan fingerprint density at radius 1 is 1.18 bits per heavy atom. The van der Waals surface area contributed by atoms with Crippen LogP contribution in [0.1, 0.15) is 32.8 Å². The molecule has 0 aromatic heterocycles. The Hall–Kier alpha value is -0.510. The van der Waals surface area contributed by atoms with Gasteiger partial charge in [0.1, 0.15) is 0 Å². The highest BCUT2D eigenvalue weighted by Crippen LogP contribution is 2.37. The summed E-state index contributed by atoms with van der Waals surface area (Å²) in [6.07, 6.45) is 2.74. The Kier molecular flexibility index (Phi) is 4.64. The van der Waals surface area contributed by atoms with Crippen molar-refractivity contribution < 1.29 is 5.11 Å². The van der Waals surface area contributed by atoms with Crippen LogP contribution < -0.4 is 5.73 Å². The zero-order valence-electron chi connectivity index (χ0n) is 11.2. The maximum atomic E-state index is 9.27. The summed E-state index contributed by atoms with van der Waals surface area (Å²) in [5.74, 6) is 0. The Morgan fingerprint density at radius 3 is 2.06 bits per heavy atom. The first-order chi connectivity index (χ1) is 7.85. The number of thioether (sulfide) groups is 1. The molecule has 0 amide bonds. The van der Waals surface area contributed by atoms with Gasteiger partial charge in [-0.05, 0) is 44.2 Å². The van der Waals surface area contributed by atoms with Crippen LogP contribution >= 0.6 is 11.8 Å². The van der Waals surface area contributed by atoms with Crippen molar-refractivity contribution in [2.75, 3.05) is 12.9 Å². The maximum Gasteiger partial charge on any atom is 0.0440 e. The fraction of sp³-hybridized carbons (Fsp3) is 0.571. The lowest BCUT2D eigenvalue weighted by atomic mass is 9.67. The van der Waals surface area contributed by atoms with Gasteiger partial charge >= 0.3 is 0 Å². The summed E-state index contributed by atoms with van der Waals surface area (Å²) in [4.78, 5) is 1.25. The van der Waals surface area contributed by atoms with Crippen molar-refractivity contribution in [3.63, 3.8) is 0 Å². The van der Waals surface area contributed by atoms with Crippen molar-refractivity contribution in [1.29, 1.82) is 0 Å². The minimum atomic E-state index is -0.364. The fourth-order valence-electron chi connectivity index (χ4n) is 2.02. The van der Waals surface area contributed by atoms with E-state index < -0.39 is 0 Å². The van der Waals surface area contributed by atoms with Gasteiger partial charge in [-0.3, -0.25) is 0 Å². The molecule has 0 aliphatic carbocycles. The summed E-state index contributed by atoms with van der Waals surface area (Å²) in [5, 5.41) is 9.27. The van der Waals surface area contributed by atoms with E-state index in [0.29, 0.717) is 6.42 Å². The van der Waals surface area contributed by atoms with Crippen LogP contribution in [0, 0.1) is 0 Å². The van der Waals surface area contributed by atoms with Gasteiger partial charge in [0.05, 0.1) is 0 Å². The van der Waals surface area contributed by atoms with Crippen molar-refractivity contribution in [2.45, 2.75) is 43.0 Å². The van der Waals surface area contributed by atoms with Crippen LogP contribution in [0.15, 0.2) is 29.2 Å². The van der Waals surface area contributed by atoms with Crippen molar-refractivity contribution in [3.05, 3.63) is 29.8 Å². The highest BCUT2D eigenvalue weighted by atomic mass is 32.2. The lowest BCUT2D eigenvalue weighted by Crippen LogP contribution is -2.52. The molecule has 1 aromatic rings. The summed E-state index contributed by atoms with van der Waals surface area (Å²) in [6.45, 7) is 6.31. The first kappa shape index (κ1) is 14.6. The zero-order valence-corrected chi connectivity index (χ0v) is 12.0. The minimum Gasteiger partial charge on any atom is -0.396 e. The molecule has 1 unspecified atom stereocenters. The van der Waals surface area contributed by atoms with Crippen LogP contribution in [0.3, 0.4) is 0 Å². The number of nitrogens with two attached hydrogens (primary N) is 1. The third-order valence-electron chi connectivity index (χ3n) is 3.76. The van der Waals surface area contributed by atoms with Gasteiger partial charge in [-0.1, -0.05) is 19.1 Å². The van der Waals surface area contributed by atoms with E-state index in [9.17, 15) is 5.11 Å². The van der Waals surface area contributed by atoms with Crippen molar-refractivity contribution in [2.24, 2.45) is 5.73 Å². The van der Waals surface area contributed by atoms with E-state index >= 15 is 0 Å². The second-order valence-corrected chi connectivity index (χ2v) is 6.14. The third-order valence-corrected chi connectivity index (χ3v) is 4.50. The first-order valence-electron chi connectivity index (χ1n) is 5.89. The number of hydrogen-bond donors (Lipinski definition) is 2. The summed E-state index contributed by atoms with van der Waals surface area (Å²) >= 11 is 1.73. The predicted octanol–water partition coefficient (Wildman–Crippen LogP) is 2.79. The first-order valence-corrected chi connectivity index (χ1v) is 7.12. The molecule has 96 valence electrons. The monoisotopic (exact) mass is 253 g/mol. The molecule has 3 N–H and O–H groups in total. The van der Waals surface area contributed by atoms with E-state index in [4.69, 9.17) is 5.73 Å². The van der Waals surface area contributed by atoms with E-state index in [0.717, 1.165) is 0 Å². The minimum absolute atomic E-state index is 0.154. The molecule has 1 atom stereocenters. The van der Waals surface area contributed by atoms with E-state index in [1.165, 1.54) is 10.5 Å². The lowest BCUT2D eigenvalue weighted by Gasteiger charge is -2.42. The average Bonchev–Trinajstić information content (AvgIpc) is 2.28. The number of hydrogen-bond acceptors (Lipinski definition) is 3. The smallest absolute Gasteiger partial charge is 0.0440 e. The fourth-order valence-corrected chi connectivity index (χ4v) is 2.43. The normalized spacial score (nSPS) is 15.6. The van der Waals surface area contributed by atoms with Gasteiger partial charge < -0.3 is 10.8 Å². The van der Waals surface area contributed by atoms with Crippen LogP contribution in [0.25, 0.3) is 0 Å². The van der Waals surface area contributed by atoms with E-state index in [1.54, 1.807) is 11.8 Å². The molecule has 2 nitrogen and oxygen atoms in total. The Balaban J connectivity index is 3.13. The van der Waals surface area contributed by atoms with E-state index in [-0.39, 0.29) is 17.6 Å². The SMILES string of the molecule is CSc1ccc(C(C)(CCO)C(C)(C)N)cc1. The standard InChI is InChI=1S/C14H23NOS/c1-13(2,15)14(3,9-10-16)11-5-7-12(17-4)8-6-11/h5-8,16H,9-10,15H2,1-4H3. The van der Waals surface area contributed by atoms with Crippen LogP contribution in [0.2, 0.25) is 0 Å². The van der Waals surface area contributed by atoms with Crippen molar-refractivity contribution >= 4 is 11.8 Å². The molecule has 17 heavy (non-hydrogen) atoms. The third kappa shape index (κ3) is 3.03. The zero-order chi connectivity index (χ0) is 13.1. The second-order valence-electron chi connectivity index (χ2n) is 5.26. The van der Waals surface area contributed by atoms with Gasteiger partial charge in [0.2, 0.25) is 0 Å². The highest BCUT2D eigenvalue weighted by Gasteiger charge is 2.38. The van der Waals surface area contributed by atoms with Gasteiger partial charge in [-0.25, -0.2) is 0 Å². The number of aliphatic hydroxyl groups excluding tert-OH is 1. The second kappa shape index (κ2) is 5.42. The van der Waals surface area contributed by atoms with Crippen molar-refractivity contribution in [1.82, 2.24) is 0 Å². The van der Waals surface area contributed by atoms with Gasteiger partial charge in [-0.15, -0.1) is 11.8 Å². The molecule has 0 fully saturated rings. The van der Waals surface area contributed by atoms with E-state index in [2.05, 4.69) is 37.4 Å². The molecule has 3 heteroatoms. The molecule has 0 saturated heterocycles. The summed E-state index contributed by atoms with van der Waals surface area (Å²) in [7, 11) is 0. The van der Waals surface area contributed by atoms with Crippen LogP contribution in [-0.4, -0.2) is 23.5 Å². The predicted molar refractivity (Wildman–Crippen MR) is 75.5 cm³/mol.